The van der Waals surface area contributed by atoms with E-state index >= 15 is 0 Å². The summed E-state index contributed by atoms with van der Waals surface area (Å²) in [6.07, 6.45) is 0.426. The quantitative estimate of drug-likeness (QED) is 0.609. The van der Waals surface area contributed by atoms with Crippen molar-refractivity contribution in [1.29, 1.82) is 0 Å². The number of amides is 1. The predicted molar refractivity (Wildman–Crippen MR) is 108 cm³/mol. The molecule has 0 unspecified atom stereocenters. The van der Waals surface area contributed by atoms with E-state index in [2.05, 4.69) is 15.5 Å². The first kappa shape index (κ1) is 20.7. The standard InChI is InChI=1S/C21H23N3O4S/c1-15-7-9-18(10-8-15)29(26,27)14-19-23-21(28-24-19)12-11-20(25)22-13-17-6-4-3-5-16(17)2/h3-10H,11-14H2,1-2H3,(H,22,25). The fourth-order valence-corrected chi connectivity index (χ4v) is 3.93. The molecule has 1 aromatic heterocycles. The molecule has 2 aromatic carbocycles. The Kier molecular flexibility index (Phi) is 6.43. The van der Waals surface area contributed by atoms with Crippen molar-refractivity contribution in [2.24, 2.45) is 0 Å². The van der Waals surface area contributed by atoms with E-state index in [1.54, 1.807) is 24.3 Å². The first-order valence-corrected chi connectivity index (χ1v) is 10.9. The van der Waals surface area contributed by atoms with Crippen LogP contribution in [0.2, 0.25) is 0 Å². The SMILES string of the molecule is Cc1ccc(S(=O)(=O)Cc2noc(CCC(=O)NCc3ccccc3C)n2)cc1. The van der Waals surface area contributed by atoms with E-state index in [0.717, 1.165) is 16.7 Å². The Bertz CT molecular complexity index is 1090. The molecule has 29 heavy (non-hydrogen) atoms. The molecule has 0 atom stereocenters. The summed E-state index contributed by atoms with van der Waals surface area (Å²) in [7, 11) is -3.56. The number of carbonyl (C=O) groups is 1. The summed E-state index contributed by atoms with van der Waals surface area (Å²) in [4.78, 5) is 16.4. The van der Waals surface area contributed by atoms with Gasteiger partial charge in [0, 0.05) is 19.4 Å². The minimum atomic E-state index is -3.56. The lowest BCUT2D eigenvalue weighted by Gasteiger charge is -2.07. The van der Waals surface area contributed by atoms with Crippen LogP contribution in [0.25, 0.3) is 0 Å². The molecule has 0 saturated carbocycles. The van der Waals surface area contributed by atoms with Crippen molar-refractivity contribution in [3.63, 3.8) is 0 Å². The summed E-state index contributed by atoms with van der Waals surface area (Å²) >= 11 is 0. The Morgan fingerprint density at radius 1 is 1.07 bits per heavy atom. The van der Waals surface area contributed by atoms with Gasteiger partial charge in [0.2, 0.25) is 11.8 Å². The van der Waals surface area contributed by atoms with Gasteiger partial charge in [0.15, 0.2) is 15.7 Å². The lowest BCUT2D eigenvalue weighted by atomic mass is 10.1. The molecule has 0 aliphatic carbocycles. The molecule has 0 saturated heterocycles. The van der Waals surface area contributed by atoms with Crippen LogP contribution < -0.4 is 5.32 Å². The van der Waals surface area contributed by atoms with Crippen LogP contribution in [0.3, 0.4) is 0 Å². The number of carbonyl (C=O) groups excluding carboxylic acids is 1. The molecule has 0 aliphatic rings. The molecule has 1 amide bonds. The summed E-state index contributed by atoms with van der Waals surface area (Å²) in [6, 6.07) is 14.4. The van der Waals surface area contributed by atoms with E-state index in [-0.39, 0.29) is 41.1 Å². The topological polar surface area (TPSA) is 102 Å². The molecule has 3 aromatic rings. The van der Waals surface area contributed by atoms with Crippen LogP contribution in [0.15, 0.2) is 57.9 Å². The number of nitrogens with zero attached hydrogens (tertiary/aromatic N) is 2. The maximum absolute atomic E-state index is 12.4. The van der Waals surface area contributed by atoms with Crippen molar-refractivity contribution in [1.82, 2.24) is 15.5 Å². The maximum atomic E-state index is 12.4. The molecule has 7 nitrogen and oxygen atoms in total. The van der Waals surface area contributed by atoms with Gasteiger partial charge >= 0.3 is 0 Å². The van der Waals surface area contributed by atoms with Crippen LogP contribution >= 0.6 is 0 Å². The van der Waals surface area contributed by atoms with Gasteiger partial charge < -0.3 is 9.84 Å². The lowest BCUT2D eigenvalue weighted by molar-refractivity contribution is -0.121. The second kappa shape index (κ2) is 9.00. The fraction of sp³-hybridized carbons (Fsp3) is 0.286. The number of benzene rings is 2. The highest BCUT2D eigenvalue weighted by molar-refractivity contribution is 7.90. The van der Waals surface area contributed by atoms with Crippen molar-refractivity contribution in [2.45, 2.75) is 43.9 Å². The second-order valence-corrected chi connectivity index (χ2v) is 8.87. The third-order valence-electron chi connectivity index (χ3n) is 4.51. The Labute approximate surface area is 170 Å². The van der Waals surface area contributed by atoms with Gasteiger partial charge in [-0.2, -0.15) is 4.98 Å². The number of rotatable bonds is 8. The zero-order chi connectivity index (χ0) is 20.9. The number of hydrogen-bond donors (Lipinski definition) is 1. The predicted octanol–water partition coefficient (Wildman–Crippen LogP) is 2.91. The third kappa shape index (κ3) is 5.74. The van der Waals surface area contributed by atoms with Crippen LogP contribution in [-0.2, 0) is 33.4 Å². The summed E-state index contributed by atoms with van der Waals surface area (Å²) in [5.74, 6) is -0.162. The van der Waals surface area contributed by atoms with Crippen LogP contribution in [0.5, 0.6) is 0 Å². The molecule has 0 fully saturated rings. The molecule has 1 N–H and O–H groups in total. The van der Waals surface area contributed by atoms with E-state index in [4.69, 9.17) is 4.52 Å². The smallest absolute Gasteiger partial charge is 0.227 e. The minimum absolute atomic E-state index is 0.0842. The number of nitrogens with one attached hydrogen (secondary N) is 1. The fourth-order valence-electron chi connectivity index (χ4n) is 2.76. The Balaban J connectivity index is 1.51. The first-order valence-electron chi connectivity index (χ1n) is 9.25. The van der Waals surface area contributed by atoms with Crippen LogP contribution in [-0.4, -0.2) is 24.5 Å². The van der Waals surface area contributed by atoms with E-state index in [9.17, 15) is 13.2 Å². The average Bonchev–Trinajstić information content (AvgIpc) is 3.12. The third-order valence-corrected chi connectivity index (χ3v) is 6.14. The largest absolute Gasteiger partial charge is 0.352 e. The van der Waals surface area contributed by atoms with Crippen LogP contribution in [0.1, 0.15) is 34.8 Å². The highest BCUT2D eigenvalue weighted by atomic mass is 32.2. The van der Waals surface area contributed by atoms with E-state index in [1.807, 2.05) is 38.1 Å². The van der Waals surface area contributed by atoms with Gasteiger partial charge in [-0.3, -0.25) is 4.79 Å². The van der Waals surface area contributed by atoms with Crippen molar-refractivity contribution >= 4 is 15.7 Å². The molecular weight excluding hydrogens is 390 g/mol. The zero-order valence-electron chi connectivity index (χ0n) is 16.4. The number of aromatic nitrogens is 2. The molecule has 152 valence electrons. The van der Waals surface area contributed by atoms with E-state index in [0.29, 0.717) is 6.54 Å². The molecule has 0 bridgehead atoms. The lowest BCUT2D eigenvalue weighted by Crippen LogP contribution is -2.23. The Hall–Kier alpha value is -3.00. The molecule has 1 heterocycles. The summed E-state index contributed by atoms with van der Waals surface area (Å²) in [5, 5.41) is 6.59. The summed E-state index contributed by atoms with van der Waals surface area (Å²) < 4.78 is 30.0. The minimum Gasteiger partial charge on any atom is -0.352 e. The number of hydrogen-bond acceptors (Lipinski definition) is 6. The van der Waals surface area contributed by atoms with Crippen molar-refractivity contribution in [3.8, 4) is 0 Å². The monoisotopic (exact) mass is 413 g/mol. The molecule has 0 spiro atoms. The van der Waals surface area contributed by atoms with Gasteiger partial charge in [0.1, 0.15) is 5.75 Å². The first-order chi connectivity index (χ1) is 13.8. The highest BCUT2D eigenvalue weighted by Gasteiger charge is 2.19. The Morgan fingerprint density at radius 2 is 1.79 bits per heavy atom. The number of aryl methyl sites for hydroxylation is 3. The number of sulfone groups is 1. The van der Waals surface area contributed by atoms with E-state index < -0.39 is 9.84 Å². The maximum Gasteiger partial charge on any atom is 0.227 e. The van der Waals surface area contributed by atoms with Crippen molar-refractivity contribution in [3.05, 3.63) is 76.9 Å². The van der Waals surface area contributed by atoms with Crippen LogP contribution in [0.4, 0.5) is 0 Å². The molecule has 0 radical (unpaired) electrons. The zero-order valence-corrected chi connectivity index (χ0v) is 17.2. The molecule has 8 heteroatoms. The normalized spacial score (nSPS) is 11.4. The van der Waals surface area contributed by atoms with E-state index in [1.165, 1.54) is 0 Å². The molecular formula is C21H23N3O4S. The summed E-state index contributed by atoms with van der Waals surface area (Å²) in [6.45, 7) is 4.33. The van der Waals surface area contributed by atoms with Gasteiger partial charge in [-0.1, -0.05) is 47.1 Å². The van der Waals surface area contributed by atoms with Crippen molar-refractivity contribution in [2.75, 3.05) is 0 Å². The van der Waals surface area contributed by atoms with Gasteiger partial charge in [0.25, 0.3) is 0 Å². The van der Waals surface area contributed by atoms with Gasteiger partial charge in [-0.15, -0.1) is 0 Å². The molecule has 3 rings (SSSR count). The highest BCUT2D eigenvalue weighted by Crippen LogP contribution is 2.16. The van der Waals surface area contributed by atoms with Gasteiger partial charge in [-0.25, -0.2) is 8.42 Å². The summed E-state index contributed by atoms with van der Waals surface area (Å²) in [5.41, 5.74) is 3.15. The Morgan fingerprint density at radius 3 is 2.52 bits per heavy atom. The van der Waals surface area contributed by atoms with Crippen molar-refractivity contribution < 1.29 is 17.7 Å². The van der Waals surface area contributed by atoms with Gasteiger partial charge in [-0.05, 0) is 37.1 Å². The second-order valence-electron chi connectivity index (χ2n) is 6.88. The van der Waals surface area contributed by atoms with Gasteiger partial charge in [0.05, 0.1) is 4.90 Å². The van der Waals surface area contributed by atoms with Crippen LogP contribution in [0, 0.1) is 13.8 Å². The molecule has 0 aliphatic heterocycles. The average molecular weight is 413 g/mol.